The fourth-order valence-electron chi connectivity index (χ4n) is 2.01. The lowest BCUT2D eigenvalue weighted by Crippen LogP contribution is -2.11. The van der Waals surface area contributed by atoms with Crippen LogP contribution in [0.25, 0.3) is 0 Å². The molecule has 0 fully saturated rings. The molecule has 1 aromatic rings. The van der Waals surface area contributed by atoms with Crippen LogP contribution in [-0.4, -0.2) is 9.97 Å². The molecule has 16 heavy (non-hydrogen) atoms. The van der Waals surface area contributed by atoms with Crippen molar-refractivity contribution in [1.82, 2.24) is 9.97 Å². The SMILES string of the molecule is CCCCCc1nc(C(N)CCC)c(C)[nH]1. The highest BCUT2D eigenvalue weighted by Gasteiger charge is 2.13. The quantitative estimate of drug-likeness (QED) is 0.697. The number of nitrogens with two attached hydrogens (primary N) is 1. The molecule has 1 heterocycles. The molecule has 0 spiro atoms. The summed E-state index contributed by atoms with van der Waals surface area (Å²) in [5.41, 5.74) is 8.30. The number of unbranched alkanes of at least 4 members (excludes halogenated alkanes) is 2. The fraction of sp³-hybridized carbons (Fsp3) is 0.769. The largest absolute Gasteiger partial charge is 0.346 e. The Labute approximate surface area is 98.8 Å². The van der Waals surface area contributed by atoms with Gasteiger partial charge in [-0.2, -0.15) is 0 Å². The van der Waals surface area contributed by atoms with Crippen molar-refractivity contribution in [2.24, 2.45) is 5.73 Å². The Morgan fingerprint density at radius 3 is 2.62 bits per heavy atom. The maximum Gasteiger partial charge on any atom is 0.106 e. The number of nitrogens with one attached hydrogen (secondary N) is 1. The number of rotatable bonds is 7. The van der Waals surface area contributed by atoms with Crippen molar-refractivity contribution in [3.63, 3.8) is 0 Å². The third-order valence-corrected chi connectivity index (χ3v) is 2.94. The summed E-state index contributed by atoms with van der Waals surface area (Å²) in [5, 5.41) is 0. The number of nitrogens with zero attached hydrogens (tertiary/aromatic N) is 1. The summed E-state index contributed by atoms with van der Waals surface area (Å²) in [6.07, 6.45) is 6.91. The van der Waals surface area contributed by atoms with Crippen LogP contribution in [0.15, 0.2) is 0 Å². The van der Waals surface area contributed by atoms with Crippen molar-refractivity contribution in [3.8, 4) is 0 Å². The Bertz CT molecular complexity index is 304. The molecular formula is C13H25N3. The first-order valence-corrected chi connectivity index (χ1v) is 6.50. The molecular weight excluding hydrogens is 198 g/mol. The molecule has 0 aromatic carbocycles. The second-order valence-electron chi connectivity index (χ2n) is 4.55. The molecule has 3 nitrogen and oxygen atoms in total. The molecule has 0 aliphatic rings. The number of imidazole rings is 1. The maximum absolute atomic E-state index is 6.09. The third kappa shape index (κ3) is 3.63. The summed E-state index contributed by atoms with van der Waals surface area (Å²) in [5.74, 6) is 1.10. The topological polar surface area (TPSA) is 54.7 Å². The number of H-pyrrole nitrogens is 1. The van der Waals surface area contributed by atoms with E-state index in [0.29, 0.717) is 0 Å². The van der Waals surface area contributed by atoms with Crippen LogP contribution in [0.4, 0.5) is 0 Å². The van der Waals surface area contributed by atoms with Gasteiger partial charge in [0.15, 0.2) is 0 Å². The molecule has 0 aliphatic heterocycles. The van der Waals surface area contributed by atoms with E-state index in [2.05, 4.69) is 30.7 Å². The molecule has 0 bridgehead atoms. The molecule has 1 unspecified atom stereocenters. The van der Waals surface area contributed by atoms with E-state index in [4.69, 9.17) is 5.73 Å². The fourth-order valence-corrected chi connectivity index (χ4v) is 2.01. The molecule has 1 rings (SSSR count). The zero-order valence-corrected chi connectivity index (χ0v) is 10.8. The van der Waals surface area contributed by atoms with Gasteiger partial charge in [0.25, 0.3) is 0 Å². The monoisotopic (exact) mass is 223 g/mol. The molecule has 1 atom stereocenters. The van der Waals surface area contributed by atoms with Crippen molar-refractivity contribution in [2.45, 2.75) is 65.3 Å². The zero-order chi connectivity index (χ0) is 12.0. The van der Waals surface area contributed by atoms with Crippen LogP contribution >= 0.6 is 0 Å². The van der Waals surface area contributed by atoms with Crippen molar-refractivity contribution >= 4 is 0 Å². The number of aryl methyl sites for hydroxylation is 2. The van der Waals surface area contributed by atoms with Gasteiger partial charge in [0.2, 0.25) is 0 Å². The minimum atomic E-state index is 0.0983. The highest BCUT2D eigenvalue weighted by atomic mass is 15.0. The lowest BCUT2D eigenvalue weighted by atomic mass is 10.1. The highest BCUT2D eigenvalue weighted by Crippen LogP contribution is 2.18. The smallest absolute Gasteiger partial charge is 0.106 e. The maximum atomic E-state index is 6.09. The average molecular weight is 223 g/mol. The van der Waals surface area contributed by atoms with Gasteiger partial charge in [0, 0.05) is 18.2 Å². The van der Waals surface area contributed by atoms with Crippen molar-refractivity contribution in [2.75, 3.05) is 0 Å². The van der Waals surface area contributed by atoms with Crippen LogP contribution in [-0.2, 0) is 6.42 Å². The van der Waals surface area contributed by atoms with E-state index in [1.807, 2.05) is 0 Å². The summed E-state index contributed by atoms with van der Waals surface area (Å²) < 4.78 is 0. The van der Waals surface area contributed by atoms with E-state index < -0.39 is 0 Å². The Morgan fingerprint density at radius 1 is 1.25 bits per heavy atom. The first kappa shape index (κ1) is 13.2. The number of aromatic nitrogens is 2. The van der Waals surface area contributed by atoms with Gasteiger partial charge in [-0.3, -0.25) is 0 Å². The van der Waals surface area contributed by atoms with E-state index >= 15 is 0 Å². The molecule has 0 saturated carbocycles. The Hall–Kier alpha value is -0.830. The van der Waals surface area contributed by atoms with Crippen LogP contribution in [0.2, 0.25) is 0 Å². The first-order valence-electron chi connectivity index (χ1n) is 6.50. The van der Waals surface area contributed by atoms with E-state index in [9.17, 15) is 0 Å². The number of hydrogen-bond donors (Lipinski definition) is 2. The Kier molecular flexibility index (Phi) is 5.53. The molecule has 3 N–H and O–H groups in total. The molecule has 1 aromatic heterocycles. The minimum Gasteiger partial charge on any atom is -0.346 e. The van der Waals surface area contributed by atoms with Gasteiger partial charge in [0.05, 0.1) is 5.69 Å². The van der Waals surface area contributed by atoms with Crippen molar-refractivity contribution in [1.29, 1.82) is 0 Å². The minimum absolute atomic E-state index is 0.0983. The van der Waals surface area contributed by atoms with Gasteiger partial charge in [-0.15, -0.1) is 0 Å². The van der Waals surface area contributed by atoms with Gasteiger partial charge in [-0.25, -0.2) is 4.98 Å². The van der Waals surface area contributed by atoms with Crippen molar-refractivity contribution < 1.29 is 0 Å². The van der Waals surface area contributed by atoms with Gasteiger partial charge >= 0.3 is 0 Å². The summed E-state index contributed by atoms with van der Waals surface area (Å²) >= 11 is 0. The summed E-state index contributed by atoms with van der Waals surface area (Å²) in [7, 11) is 0. The van der Waals surface area contributed by atoms with Crippen LogP contribution < -0.4 is 5.73 Å². The Morgan fingerprint density at radius 2 is 2.00 bits per heavy atom. The third-order valence-electron chi connectivity index (χ3n) is 2.94. The number of hydrogen-bond acceptors (Lipinski definition) is 2. The van der Waals surface area contributed by atoms with Gasteiger partial charge in [0.1, 0.15) is 5.82 Å². The zero-order valence-electron chi connectivity index (χ0n) is 10.8. The second kappa shape index (κ2) is 6.69. The molecule has 0 aliphatic carbocycles. The summed E-state index contributed by atoms with van der Waals surface area (Å²) in [4.78, 5) is 7.97. The van der Waals surface area contributed by atoms with Crippen LogP contribution in [0, 0.1) is 6.92 Å². The van der Waals surface area contributed by atoms with Crippen LogP contribution in [0.5, 0.6) is 0 Å². The summed E-state index contributed by atoms with van der Waals surface area (Å²) in [6.45, 7) is 6.45. The molecule has 92 valence electrons. The predicted octanol–water partition coefficient (Wildman–Crippen LogP) is 3.25. The van der Waals surface area contributed by atoms with Gasteiger partial charge in [-0.05, 0) is 19.8 Å². The molecule has 3 heteroatoms. The van der Waals surface area contributed by atoms with E-state index in [1.54, 1.807) is 0 Å². The highest BCUT2D eigenvalue weighted by molar-refractivity contribution is 5.16. The van der Waals surface area contributed by atoms with Crippen molar-refractivity contribution in [3.05, 3.63) is 17.2 Å². The van der Waals surface area contributed by atoms with Gasteiger partial charge < -0.3 is 10.7 Å². The van der Waals surface area contributed by atoms with Gasteiger partial charge in [-0.1, -0.05) is 33.1 Å². The van der Waals surface area contributed by atoms with E-state index in [-0.39, 0.29) is 6.04 Å². The predicted molar refractivity (Wildman–Crippen MR) is 68.4 cm³/mol. The first-order chi connectivity index (χ1) is 7.69. The average Bonchev–Trinajstić information content (AvgIpc) is 2.61. The summed E-state index contributed by atoms with van der Waals surface area (Å²) in [6, 6.07) is 0.0983. The number of aromatic amines is 1. The standard InChI is InChI=1S/C13H25N3/c1-4-6-7-9-12-15-10(3)13(16-12)11(14)8-5-2/h11H,4-9,14H2,1-3H3,(H,15,16). The van der Waals surface area contributed by atoms with Crippen LogP contribution in [0.1, 0.15) is 69.2 Å². The Balaban J connectivity index is 2.58. The van der Waals surface area contributed by atoms with Crippen LogP contribution in [0.3, 0.4) is 0 Å². The normalized spacial score (nSPS) is 13.0. The van der Waals surface area contributed by atoms with E-state index in [1.165, 1.54) is 19.3 Å². The molecule has 0 amide bonds. The lowest BCUT2D eigenvalue weighted by Gasteiger charge is -2.07. The molecule has 0 radical (unpaired) electrons. The molecule has 0 saturated heterocycles. The van der Waals surface area contributed by atoms with E-state index in [0.717, 1.165) is 36.5 Å². The lowest BCUT2D eigenvalue weighted by molar-refractivity contribution is 0.618. The second-order valence-corrected chi connectivity index (χ2v) is 4.55.